The van der Waals surface area contributed by atoms with Crippen LogP contribution in [-0.2, 0) is 9.59 Å². The maximum atomic E-state index is 13.4. The summed E-state index contributed by atoms with van der Waals surface area (Å²) in [7, 11) is 2.73. The van der Waals surface area contributed by atoms with Gasteiger partial charge in [0.1, 0.15) is 10.8 Å². The molecular weight excluding hydrogens is 511 g/mol. The van der Waals surface area contributed by atoms with Crippen LogP contribution in [0.4, 0.5) is 5.69 Å². The number of aliphatic hydroxyl groups excluding tert-OH is 1. The van der Waals surface area contributed by atoms with Crippen molar-refractivity contribution < 1.29 is 33.6 Å². The predicted molar refractivity (Wildman–Crippen MR) is 131 cm³/mol. The van der Waals surface area contributed by atoms with Crippen LogP contribution in [0.5, 0.6) is 23.0 Å². The van der Waals surface area contributed by atoms with Crippen LogP contribution in [0, 0.1) is 0 Å². The Kier molecular flexibility index (Phi) is 6.11. The summed E-state index contributed by atoms with van der Waals surface area (Å²) in [6, 6.07) is 8.53. The summed E-state index contributed by atoms with van der Waals surface area (Å²) in [6.45, 7) is 0.0458. The quantitative estimate of drug-likeness (QED) is 0.287. The molecular formula is C25H18Cl2N2O7. The molecule has 2 aliphatic heterocycles. The second-order valence-corrected chi connectivity index (χ2v) is 8.56. The molecule has 0 aliphatic carbocycles. The maximum absolute atomic E-state index is 13.4. The number of fused-ring (bicyclic) bond motifs is 1. The van der Waals surface area contributed by atoms with E-state index in [1.807, 2.05) is 0 Å². The monoisotopic (exact) mass is 528 g/mol. The largest absolute Gasteiger partial charge is 0.507 e. The number of pyridine rings is 1. The van der Waals surface area contributed by atoms with E-state index < -0.39 is 23.5 Å². The first kappa shape index (κ1) is 23.8. The van der Waals surface area contributed by atoms with Crippen LogP contribution in [0.25, 0.3) is 5.76 Å². The number of carbonyl (C=O) groups is 2. The van der Waals surface area contributed by atoms with E-state index in [2.05, 4.69) is 4.98 Å². The highest BCUT2D eigenvalue weighted by Gasteiger charge is 2.47. The van der Waals surface area contributed by atoms with Crippen LogP contribution in [0.15, 0.2) is 54.4 Å². The molecule has 1 amide bonds. The van der Waals surface area contributed by atoms with Crippen molar-refractivity contribution in [2.75, 3.05) is 25.9 Å². The summed E-state index contributed by atoms with van der Waals surface area (Å²) in [5, 5.41) is 11.5. The lowest BCUT2D eigenvalue weighted by Crippen LogP contribution is -2.29. The lowest BCUT2D eigenvalue weighted by atomic mass is 9.95. The normalized spacial score (nSPS) is 18.0. The highest BCUT2D eigenvalue weighted by molar-refractivity contribution is 6.52. The minimum atomic E-state index is -1.00. The molecule has 0 spiro atoms. The zero-order chi connectivity index (χ0) is 25.6. The summed E-state index contributed by atoms with van der Waals surface area (Å²) in [6.07, 6.45) is 3.05. The van der Waals surface area contributed by atoms with Gasteiger partial charge >= 0.3 is 0 Å². The minimum Gasteiger partial charge on any atom is -0.507 e. The summed E-state index contributed by atoms with van der Waals surface area (Å²) in [4.78, 5) is 32.1. The van der Waals surface area contributed by atoms with Crippen LogP contribution in [0.3, 0.4) is 0 Å². The van der Waals surface area contributed by atoms with Crippen LogP contribution in [0.2, 0.25) is 10.0 Å². The van der Waals surface area contributed by atoms with Crippen LogP contribution in [0.1, 0.15) is 17.2 Å². The molecule has 1 atom stereocenters. The van der Waals surface area contributed by atoms with Gasteiger partial charge in [0.2, 0.25) is 6.79 Å². The number of hydrogen-bond donors (Lipinski definition) is 1. The van der Waals surface area contributed by atoms with Gasteiger partial charge in [0.05, 0.1) is 36.4 Å². The van der Waals surface area contributed by atoms with Gasteiger partial charge < -0.3 is 24.1 Å². The van der Waals surface area contributed by atoms with Gasteiger partial charge in [-0.1, -0.05) is 23.2 Å². The van der Waals surface area contributed by atoms with E-state index in [1.54, 1.807) is 30.3 Å². The Labute approximate surface area is 215 Å². The number of hydrogen-bond acceptors (Lipinski definition) is 8. The molecule has 1 saturated heterocycles. The lowest BCUT2D eigenvalue weighted by molar-refractivity contribution is -0.132. The number of ether oxygens (including phenoxy) is 4. The predicted octanol–water partition coefficient (Wildman–Crippen LogP) is 4.76. The average Bonchev–Trinajstić information content (AvgIpc) is 3.46. The number of rotatable bonds is 5. The summed E-state index contributed by atoms with van der Waals surface area (Å²) < 4.78 is 21.4. The number of carbonyl (C=O) groups excluding carboxylic acids is 2. The van der Waals surface area contributed by atoms with Gasteiger partial charge in [0, 0.05) is 24.1 Å². The van der Waals surface area contributed by atoms with Crippen molar-refractivity contribution in [2.24, 2.45) is 0 Å². The Morgan fingerprint density at radius 2 is 1.72 bits per heavy atom. The number of aromatic nitrogens is 1. The highest BCUT2D eigenvalue weighted by Crippen LogP contribution is 2.48. The van der Waals surface area contributed by atoms with Gasteiger partial charge in [-0.3, -0.25) is 19.5 Å². The Hall–Kier alpha value is -3.95. The third-order valence-corrected chi connectivity index (χ3v) is 6.52. The molecule has 1 N–H and O–H groups in total. The average molecular weight is 529 g/mol. The molecule has 0 bridgehead atoms. The summed E-state index contributed by atoms with van der Waals surface area (Å²) in [5.41, 5.74) is 0.753. The number of aliphatic hydroxyl groups is 1. The minimum absolute atomic E-state index is 0.000453. The molecule has 0 saturated carbocycles. The molecule has 3 heterocycles. The third-order valence-electron chi connectivity index (χ3n) is 5.90. The number of methoxy groups -OCH3 is 2. The van der Waals surface area contributed by atoms with E-state index in [1.165, 1.54) is 37.6 Å². The summed E-state index contributed by atoms with van der Waals surface area (Å²) >= 11 is 12.7. The van der Waals surface area contributed by atoms with Crippen LogP contribution < -0.4 is 23.8 Å². The topological polar surface area (TPSA) is 107 Å². The first-order chi connectivity index (χ1) is 17.4. The fourth-order valence-electron chi connectivity index (χ4n) is 4.29. The first-order valence-corrected chi connectivity index (χ1v) is 11.3. The maximum Gasteiger partial charge on any atom is 0.300 e. The van der Waals surface area contributed by atoms with Crippen molar-refractivity contribution in [3.8, 4) is 23.0 Å². The van der Waals surface area contributed by atoms with Gasteiger partial charge in [0.15, 0.2) is 23.0 Å². The Bertz CT molecular complexity index is 1430. The van der Waals surface area contributed by atoms with Gasteiger partial charge in [0.25, 0.3) is 11.7 Å². The molecule has 11 heteroatoms. The second-order valence-electron chi connectivity index (χ2n) is 7.77. The molecule has 5 rings (SSSR count). The zero-order valence-electron chi connectivity index (χ0n) is 19.0. The fourth-order valence-corrected chi connectivity index (χ4v) is 4.97. The Morgan fingerprint density at radius 3 is 2.42 bits per heavy atom. The number of ketones is 1. The molecule has 36 heavy (non-hydrogen) atoms. The fraction of sp³-hybridized carbons (Fsp3) is 0.160. The van der Waals surface area contributed by atoms with E-state index >= 15 is 0 Å². The number of nitrogens with zero attached hydrogens (tertiary/aromatic N) is 2. The first-order valence-electron chi connectivity index (χ1n) is 10.6. The SMILES string of the molecule is COc1c(Cl)cc(/C(O)=C2\C(=O)C(=O)N(c3ccc4c(c3)OCO4)C2c2ccncc2)c(OC)c1Cl. The number of benzene rings is 2. The van der Waals surface area contributed by atoms with E-state index in [0.29, 0.717) is 22.7 Å². The molecule has 0 radical (unpaired) electrons. The summed E-state index contributed by atoms with van der Waals surface area (Å²) in [5.74, 6) is -1.15. The Morgan fingerprint density at radius 1 is 1.03 bits per heavy atom. The standard InChI is InChI=1S/C25H18Cl2N2O7/c1-33-23-14(10-15(26)24(34-2)19(23)27)21(30)18-20(12-5-7-28-8-6-12)29(25(32)22(18)31)13-3-4-16-17(9-13)36-11-35-16/h3-10,20,30H,11H2,1-2H3/b21-18+. The smallest absolute Gasteiger partial charge is 0.300 e. The van der Waals surface area contributed by atoms with Crippen molar-refractivity contribution in [3.63, 3.8) is 0 Å². The number of amides is 1. The van der Waals surface area contributed by atoms with E-state index in [9.17, 15) is 14.7 Å². The molecule has 3 aromatic rings. The van der Waals surface area contributed by atoms with Gasteiger partial charge in [-0.15, -0.1) is 0 Å². The van der Waals surface area contributed by atoms with E-state index in [0.717, 1.165) is 0 Å². The van der Waals surface area contributed by atoms with Gasteiger partial charge in [-0.25, -0.2) is 0 Å². The van der Waals surface area contributed by atoms with Crippen molar-refractivity contribution in [3.05, 3.63) is 75.5 Å². The molecule has 184 valence electrons. The van der Waals surface area contributed by atoms with Crippen molar-refractivity contribution in [1.82, 2.24) is 4.98 Å². The van der Waals surface area contributed by atoms with Gasteiger partial charge in [-0.2, -0.15) is 0 Å². The molecule has 1 fully saturated rings. The number of anilines is 1. The highest BCUT2D eigenvalue weighted by atomic mass is 35.5. The van der Waals surface area contributed by atoms with E-state index in [-0.39, 0.29) is 39.5 Å². The second kappa shape index (κ2) is 9.25. The van der Waals surface area contributed by atoms with Crippen LogP contribution >= 0.6 is 23.2 Å². The molecule has 1 unspecified atom stereocenters. The van der Waals surface area contributed by atoms with Crippen molar-refractivity contribution in [2.45, 2.75) is 6.04 Å². The molecule has 1 aromatic heterocycles. The zero-order valence-corrected chi connectivity index (χ0v) is 20.5. The van der Waals surface area contributed by atoms with Crippen molar-refractivity contribution in [1.29, 1.82) is 0 Å². The Balaban J connectivity index is 1.75. The van der Waals surface area contributed by atoms with Crippen LogP contribution in [-0.4, -0.2) is 42.8 Å². The van der Waals surface area contributed by atoms with E-state index in [4.69, 9.17) is 42.1 Å². The number of halogens is 2. The molecule has 2 aromatic carbocycles. The van der Waals surface area contributed by atoms with Crippen molar-refractivity contribution >= 4 is 46.3 Å². The molecule has 9 nitrogen and oxygen atoms in total. The molecule has 2 aliphatic rings. The van der Waals surface area contributed by atoms with Gasteiger partial charge in [-0.05, 0) is 35.9 Å². The third kappa shape index (κ3) is 3.68. The lowest BCUT2D eigenvalue weighted by Gasteiger charge is -2.25. The number of Topliss-reactive ketones (excluding diaryl/α,β-unsaturated/α-hetero) is 1.